The molecule has 0 spiro atoms. The minimum absolute atomic E-state index is 0.376. The predicted molar refractivity (Wildman–Crippen MR) is 97.8 cm³/mol. The maximum absolute atomic E-state index is 12.4. The molecule has 0 saturated carbocycles. The molecule has 7 heteroatoms. The number of aryl methyl sites for hydroxylation is 4. The number of fused-ring (bicyclic) bond motifs is 3. The summed E-state index contributed by atoms with van der Waals surface area (Å²) in [6.07, 6.45) is 1.98. The largest absolute Gasteiger partial charge is 0.329 e. The SMILES string of the molecule is Cc1cc(C)cc(N2CCCCn3c2nc2c3c(=O)[nH]c(=O)n2C)c1. The van der Waals surface area contributed by atoms with Gasteiger partial charge in [0.15, 0.2) is 11.2 Å². The molecule has 0 saturated heterocycles. The highest BCUT2D eigenvalue weighted by molar-refractivity contribution is 5.76. The van der Waals surface area contributed by atoms with Crippen LogP contribution in [0, 0.1) is 13.8 Å². The molecule has 7 nitrogen and oxygen atoms in total. The van der Waals surface area contributed by atoms with Crippen LogP contribution in [0.5, 0.6) is 0 Å². The Hall–Kier alpha value is -2.83. The lowest BCUT2D eigenvalue weighted by Gasteiger charge is -2.23. The highest BCUT2D eigenvalue weighted by atomic mass is 16.2. The summed E-state index contributed by atoms with van der Waals surface area (Å²) in [5, 5.41) is 0. The molecular formula is C18H21N5O2. The van der Waals surface area contributed by atoms with Gasteiger partial charge in [0, 0.05) is 25.8 Å². The normalized spacial score (nSPS) is 14.6. The standard InChI is InChI=1S/C18H21N5O2/c1-11-8-12(2)10-13(9-11)22-6-4-5-7-23-14-15(19-17(22)23)21(3)18(25)20-16(14)24/h8-10H,4-7H2,1-3H3,(H,20,24,25). The molecule has 1 aliphatic heterocycles. The fraction of sp³-hybridized carbons (Fsp3) is 0.389. The number of benzene rings is 1. The minimum Gasteiger partial charge on any atom is -0.312 e. The van der Waals surface area contributed by atoms with Crippen LogP contribution in [-0.4, -0.2) is 25.6 Å². The molecule has 1 aromatic carbocycles. The molecule has 0 aliphatic carbocycles. The topological polar surface area (TPSA) is 75.9 Å². The van der Waals surface area contributed by atoms with Crippen molar-refractivity contribution >= 4 is 22.8 Å². The molecule has 3 heterocycles. The minimum atomic E-state index is -0.441. The first-order chi connectivity index (χ1) is 12.0. The molecule has 0 fully saturated rings. The number of hydrogen-bond donors (Lipinski definition) is 1. The van der Waals surface area contributed by atoms with Gasteiger partial charge in [-0.05, 0) is 49.9 Å². The number of H-pyrrole nitrogens is 1. The van der Waals surface area contributed by atoms with E-state index in [1.165, 1.54) is 15.7 Å². The lowest BCUT2D eigenvalue weighted by atomic mass is 10.1. The fourth-order valence-electron chi connectivity index (χ4n) is 3.63. The van der Waals surface area contributed by atoms with Crippen molar-refractivity contribution in [2.24, 2.45) is 7.05 Å². The van der Waals surface area contributed by atoms with E-state index >= 15 is 0 Å². The van der Waals surface area contributed by atoms with E-state index in [4.69, 9.17) is 0 Å². The van der Waals surface area contributed by atoms with Gasteiger partial charge in [-0.2, -0.15) is 4.98 Å². The van der Waals surface area contributed by atoms with Crippen molar-refractivity contribution in [3.63, 3.8) is 0 Å². The van der Waals surface area contributed by atoms with Crippen LogP contribution in [0.2, 0.25) is 0 Å². The molecule has 1 aliphatic rings. The van der Waals surface area contributed by atoms with Gasteiger partial charge in [-0.3, -0.25) is 14.3 Å². The van der Waals surface area contributed by atoms with E-state index < -0.39 is 5.69 Å². The van der Waals surface area contributed by atoms with Crippen LogP contribution >= 0.6 is 0 Å². The van der Waals surface area contributed by atoms with Crippen molar-refractivity contribution in [3.8, 4) is 0 Å². The molecule has 0 amide bonds. The Labute approximate surface area is 144 Å². The second-order valence-electron chi connectivity index (χ2n) is 6.76. The molecule has 0 bridgehead atoms. The monoisotopic (exact) mass is 339 g/mol. The average molecular weight is 339 g/mol. The van der Waals surface area contributed by atoms with Crippen LogP contribution in [0.1, 0.15) is 24.0 Å². The summed E-state index contributed by atoms with van der Waals surface area (Å²) < 4.78 is 3.34. The van der Waals surface area contributed by atoms with E-state index in [9.17, 15) is 9.59 Å². The Balaban J connectivity index is 2.01. The van der Waals surface area contributed by atoms with Crippen molar-refractivity contribution in [3.05, 3.63) is 50.2 Å². The van der Waals surface area contributed by atoms with E-state index in [-0.39, 0.29) is 5.56 Å². The van der Waals surface area contributed by atoms with Gasteiger partial charge in [-0.25, -0.2) is 4.79 Å². The van der Waals surface area contributed by atoms with Crippen LogP contribution in [0.3, 0.4) is 0 Å². The van der Waals surface area contributed by atoms with Gasteiger partial charge in [0.05, 0.1) is 0 Å². The van der Waals surface area contributed by atoms with E-state index in [0.29, 0.717) is 17.7 Å². The van der Waals surface area contributed by atoms with Gasteiger partial charge in [0.2, 0.25) is 5.95 Å². The van der Waals surface area contributed by atoms with Gasteiger partial charge < -0.3 is 9.47 Å². The van der Waals surface area contributed by atoms with Crippen molar-refractivity contribution in [1.82, 2.24) is 19.1 Å². The predicted octanol–water partition coefficient (Wildman–Crippen LogP) is 1.97. The molecule has 3 aromatic rings. The number of nitrogens with one attached hydrogen (secondary N) is 1. The number of rotatable bonds is 1. The Morgan fingerprint density at radius 3 is 2.44 bits per heavy atom. The summed E-state index contributed by atoms with van der Waals surface area (Å²) in [5.74, 6) is 0.726. The molecule has 25 heavy (non-hydrogen) atoms. The first-order valence-electron chi connectivity index (χ1n) is 8.51. The Bertz CT molecular complexity index is 1070. The van der Waals surface area contributed by atoms with Crippen LogP contribution in [0.4, 0.5) is 11.6 Å². The van der Waals surface area contributed by atoms with E-state index in [1.807, 2.05) is 4.57 Å². The Morgan fingerprint density at radius 1 is 1.04 bits per heavy atom. The third-order valence-corrected chi connectivity index (χ3v) is 4.76. The molecule has 4 rings (SSSR count). The van der Waals surface area contributed by atoms with Gasteiger partial charge in [0.1, 0.15) is 0 Å². The number of nitrogens with zero attached hydrogens (tertiary/aromatic N) is 4. The second-order valence-corrected chi connectivity index (χ2v) is 6.76. The average Bonchev–Trinajstić information content (AvgIpc) is 2.80. The lowest BCUT2D eigenvalue weighted by Crippen LogP contribution is -2.29. The number of anilines is 2. The summed E-state index contributed by atoms with van der Waals surface area (Å²) in [7, 11) is 1.63. The number of imidazole rings is 1. The molecule has 0 radical (unpaired) electrons. The summed E-state index contributed by atoms with van der Waals surface area (Å²) in [6.45, 7) is 5.70. The van der Waals surface area contributed by atoms with Crippen molar-refractivity contribution in [1.29, 1.82) is 0 Å². The molecule has 0 atom stereocenters. The maximum Gasteiger partial charge on any atom is 0.329 e. The van der Waals surface area contributed by atoms with Crippen LogP contribution in [0.15, 0.2) is 27.8 Å². The summed E-state index contributed by atoms with van der Waals surface area (Å²) in [6, 6.07) is 6.40. The van der Waals surface area contributed by atoms with Gasteiger partial charge in [0.25, 0.3) is 5.56 Å². The number of aromatic amines is 1. The van der Waals surface area contributed by atoms with E-state index in [1.54, 1.807) is 7.05 Å². The van der Waals surface area contributed by atoms with Crippen LogP contribution in [-0.2, 0) is 13.6 Å². The molecular weight excluding hydrogens is 318 g/mol. The number of hydrogen-bond acceptors (Lipinski definition) is 4. The van der Waals surface area contributed by atoms with Gasteiger partial charge >= 0.3 is 5.69 Å². The first kappa shape index (κ1) is 15.7. The van der Waals surface area contributed by atoms with Crippen molar-refractivity contribution in [2.75, 3.05) is 11.4 Å². The third kappa shape index (κ3) is 2.47. The van der Waals surface area contributed by atoms with Gasteiger partial charge in [-0.1, -0.05) is 6.07 Å². The summed E-state index contributed by atoms with van der Waals surface area (Å²) >= 11 is 0. The zero-order chi connectivity index (χ0) is 17.7. The molecule has 1 N–H and O–H groups in total. The number of aromatic nitrogens is 4. The van der Waals surface area contributed by atoms with Crippen molar-refractivity contribution < 1.29 is 0 Å². The summed E-state index contributed by atoms with van der Waals surface area (Å²) in [4.78, 5) is 33.5. The second kappa shape index (κ2) is 5.61. The first-order valence-corrected chi connectivity index (χ1v) is 8.51. The van der Waals surface area contributed by atoms with E-state index in [0.717, 1.165) is 31.0 Å². The van der Waals surface area contributed by atoms with E-state index in [2.05, 4.69) is 46.9 Å². The smallest absolute Gasteiger partial charge is 0.312 e. The van der Waals surface area contributed by atoms with Crippen LogP contribution < -0.4 is 16.1 Å². The highest BCUT2D eigenvalue weighted by Crippen LogP contribution is 2.31. The zero-order valence-corrected chi connectivity index (χ0v) is 14.7. The van der Waals surface area contributed by atoms with Gasteiger partial charge in [-0.15, -0.1) is 0 Å². The Kier molecular flexibility index (Phi) is 3.52. The maximum atomic E-state index is 12.4. The molecule has 2 aromatic heterocycles. The van der Waals surface area contributed by atoms with Crippen molar-refractivity contribution in [2.45, 2.75) is 33.2 Å². The quantitative estimate of drug-likeness (QED) is 0.735. The summed E-state index contributed by atoms with van der Waals surface area (Å²) in [5.41, 5.74) is 3.52. The zero-order valence-electron chi connectivity index (χ0n) is 14.7. The molecule has 130 valence electrons. The Morgan fingerprint density at radius 2 is 1.72 bits per heavy atom. The van der Waals surface area contributed by atoms with Crippen LogP contribution in [0.25, 0.3) is 11.2 Å². The lowest BCUT2D eigenvalue weighted by molar-refractivity contribution is 0.665. The fourth-order valence-corrected chi connectivity index (χ4v) is 3.63. The molecule has 0 unspecified atom stereocenters. The highest BCUT2D eigenvalue weighted by Gasteiger charge is 2.24. The third-order valence-electron chi connectivity index (χ3n) is 4.76.